The maximum Gasteiger partial charge on any atom is 0.417 e. The van der Waals surface area contributed by atoms with Crippen LogP contribution >= 0.6 is 15.9 Å². The summed E-state index contributed by atoms with van der Waals surface area (Å²) in [5.41, 5.74) is 0.879. The van der Waals surface area contributed by atoms with Crippen molar-refractivity contribution >= 4 is 15.9 Å². The van der Waals surface area contributed by atoms with Crippen molar-refractivity contribution in [3.05, 3.63) is 46.0 Å². The average Bonchev–Trinajstić information content (AvgIpc) is 2.25. The molecule has 1 N–H and O–H groups in total. The van der Waals surface area contributed by atoms with Crippen LogP contribution < -0.4 is 5.32 Å². The lowest BCUT2D eigenvalue weighted by atomic mass is 9.98. The molecule has 0 aromatic heterocycles. The van der Waals surface area contributed by atoms with Crippen molar-refractivity contribution in [1.29, 1.82) is 0 Å². The molecule has 0 aliphatic carbocycles. The van der Waals surface area contributed by atoms with E-state index >= 15 is 0 Å². The van der Waals surface area contributed by atoms with Crippen LogP contribution in [0.15, 0.2) is 34.8 Å². The molecule has 0 aliphatic heterocycles. The van der Waals surface area contributed by atoms with Gasteiger partial charge in [0.2, 0.25) is 0 Å². The number of benzene rings is 1. The van der Waals surface area contributed by atoms with Crippen LogP contribution in [0.5, 0.6) is 0 Å². The first-order chi connectivity index (χ1) is 8.25. The molecule has 1 unspecified atom stereocenters. The van der Waals surface area contributed by atoms with Crippen LogP contribution in [0.2, 0.25) is 0 Å². The summed E-state index contributed by atoms with van der Waals surface area (Å²) < 4.78 is 38.4. The molecule has 0 saturated carbocycles. The summed E-state index contributed by atoms with van der Waals surface area (Å²) in [7, 11) is 1.73. The summed E-state index contributed by atoms with van der Waals surface area (Å²) in [5, 5.41) is 3.00. The molecule has 0 heterocycles. The monoisotopic (exact) mass is 321 g/mol. The van der Waals surface area contributed by atoms with Gasteiger partial charge in [0, 0.05) is 10.5 Å². The number of hydrogen-bond acceptors (Lipinski definition) is 1. The third-order valence-electron chi connectivity index (χ3n) is 2.60. The molecular formula is C13H15BrF3N. The first kappa shape index (κ1) is 15.2. The van der Waals surface area contributed by atoms with Crippen molar-refractivity contribution in [2.75, 3.05) is 7.05 Å². The van der Waals surface area contributed by atoms with Crippen LogP contribution in [0.1, 0.15) is 30.5 Å². The number of hydrogen-bond donors (Lipinski definition) is 1. The summed E-state index contributed by atoms with van der Waals surface area (Å²) in [6.07, 6.45) is -3.74. The van der Waals surface area contributed by atoms with Gasteiger partial charge in [0.25, 0.3) is 0 Å². The van der Waals surface area contributed by atoms with Crippen LogP contribution in [-0.2, 0) is 6.18 Å². The van der Waals surface area contributed by atoms with Crippen LogP contribution in [0.3, 0.4) is 0 Å². The fraction of sp³-hybridized carbons (Fsp3) is 0.385. The summed E-state index contributed by atoms with van der Waals surface area (Å²) in [5.74, 6) is 0. The lowest BCUT2D eigenvalue weighted by Crippen LogP contribution is -2.17. The van der Waals surface area contributed by atoms with E-state index in [1.54, 1.807) is 13.1 Å². The summed E-state index contributed by atoms with van der Waals surface area (Å²) in [6, 6.07) is 4.13. The minimum absolute atomic E-state index is 0.0592. The molecule has 5 heteroatoms. The summed E-state index contributed by atoms with van der Waals surface area (Å²) >= 11 is 2.93. The minimum atomic E-state index is -4.35. The third kappa shape index (κ3) is 3.85. The molecule has 1 nitrogen and oxygen atoms in total. The molecule has 0 aliphatic rings. The zero-order valence-corrected chi connectivity index (χ0v) is 11.8. The summed E-state index contributed by atoms with van der Waals surface area (Å²) in [6.45, 7) is 5.64. The molecule has 1 aromatic rings. The highest BCUT2D eigenvalue weighted by molar-refractivity contribution is 9.10. The van der Waals surface area contributed by atoms with Crippen molar-refractivity contribution in [3.8, 4) is 0 Å². The van der Waals surface area contributed by atoms with E-state index in [-0.39, 0.29) is 10.5 Å². The fourth-order valence-electron chi connectivity index (χ4n) is 1.71. The van der Waals surface area contributed by atoms with E-state index in [2.05, 4.69) is 27.8 Å². The van der Waals surface area contributed by atoms with E-state index in [9.17, 15) is 13.2 Å². The smallest absolute Gasteiger partial charge is 0.313 e. The van der Waals surface area contributed by atoms with Crippen molar-refractivity contribution < 1.29 is 13.2 Å². The Labute approximate surface area is 113 Å². The van der Waals surface area contributed by atoms with E-state index in [4.69, 9.17) is 0 Å². The van der Waals surface area contributed by atoms with E-state index < -0.39 is 11.7 Å². The van der Waals surface area contributed by atoms with Crippen molar-refractivity contribution in [2.24, 2.45) is 0 Å². The molecule has 0 bridgehead atoms. The molecule has 0 radical (unpaired) electrons. The molecule has 0 spiro atoms. The van der Waals surface area contributed by atoms with Gasteiger partial charge in [0.1, 0.15) is 0 Å². The van der Waals surface area contributed by atoms with Gasteiger partial charge in [0.15, 0.2) is 0 Å². The number of halogens is 4. The molecule has 1 rings (SSSR count). The van der Waals surface area contributed by atoms with Gasteiger partial charge < -0.3 is 5.32 Å². The first-order valence-electron chi connectivity index (χ1n) is 5.44. The Morgan fingerprint density at radius 2 is 2.06 bits per heavy atom. The lowest BCUT2D eigenvalue weighted by Gasteiger charge is -2.19. The molecular weight excluding hydrogens is 307 g/mol. The highest BCUT2D eigenvalue weighted by Gasteiger charge is 2.33. The number of rotatable bonds is 4. The van der Waals surface area contributed by atoms with Crippen LogP contribution in [0, 0.1) is 0 Å². The molecule has 1 aromatic carbocycles. The Bertz CT molecular complexity index is 440. The van der Waals surface area contributed by atoms with Gasteiger partial charge in [-0.1, -0.05) is 27.6 Å². The lowest BCUT2D eigenvalue weighted by molar-refractivity contribution is -0.138. The van der Waals surface area contributed by atoms with Crippen molar-refractivity contribution in [2.45, 2.75) is 25.6 Å². The van der Waals surface area contributed by atoms with E-state index in [1.807, 2.05) is 6.92 Å². The van der Waals surface area contributed by atoms with E-state index in [1.165, 1.54) is 12.1 Å². The second-order valence-electron chi connectivity index (χ2n) is 4.24. The molecule has 0 amide bonds. The first-order valence-corrected chi connectivity index (χ1v) is 6.23. The maximum absolute atomic E-state index is 12.8. The zero-order chi connectivity index (χ0) is 13.9. The largest absolute Gasteiger partial charge is 0.417 e. The van der Waals surface area contributed by atoms with Crippen LogP contribution in [0.4, 0.5) is 13.2 Å². The second kappa shape index (κ2) is 5.89. The Balaban J connectivity index is 3.14. The van der Waals surface area contributed by atoms with Crippen molar-refractivity contribution in [3.63, 3.8) is 0 Å². The van der Waals surface area contributed by atoms with Crippen LogP contribution in [0.25, 0.3) is 0 Å². The molecule has 1 atom stereocenters. The maximum atomic E-state index is 12.8. The Hall–Kier alpha value is -0.810. The number of nitrogens with one attached hydrogen (secondary N) is 1. The van der Waals surface area contributed by atoms with Crippen molar-refractivity contribution in [1.82, 2.24) is 5.32 Å². The quantitative estimate of drug-likeness (QED) is 0.793. The Kier molecular flexibility index (Phi) is 4.99. The predicted molar refractivity (Wildman–Crippen MR) is 70.4 cm³/mol. The van der Waals surface area contributed by atoms with Gasteiger partial charge in [-0.3, -0.25) is 0 Å². The van der Waals surface area contributed by atoms with Gasteiger partial charge >= 0.3 is 6.18 Å². The zero-order valence-electron chi connectivity index (χ0n) is 10.2. The third-order valence-corrected chi connectivity index (χ3v) is 3.29. The van der Waals surface area contributed by atoms with Crippen LogP contribution in [-0.4, -0.2) is 7.05 Å². The summed E-state index contributed by atoms with van der Waals surface area (Å²) in [4.78, 5) is 0. The Morgan fingerprint density at radius 3 is 2.50 bits per heavy atom. The van der Waals surface area contributed by atoms with E-state index in [0.29, 0.717) is 12.0 Å². The van der Waals surface area contributed by atoms with Gasteiger partial charge in [-0.2, -0.15) is 13.2 Å². The normalized spacial score (nSPS) is 13.4. The average molecular weight is 322 g/mol. The molecule has 100 valence electrons. The minimum Gasteiger partial charge on any atom is -0.313 e. The van der Waals surface area contributed by atoms with Gasteiger partial charge in [-0.15, -0.1) is 6.58 Å². The molecule has 18 heavy (non-hydrogen) atoms. The highest BCUT2D eigenvalue weighted by Crippen LogP contribution is 2.36. The van der Waals surface area contributed by atoms with Gasteiger partial charge in [-0.05, 0) is 38.1 Å². The fourth-order valence-corrected chi connectivity index (χ4v) is 2.18. The molecule has 0 fully saturated rings. The highest BCUT2D eigenvalue weighted by atomic mass is 79.9. The number of alkyl halides is 3. The SMILES string of the molecule is C=C(C)CC(NC)c1ccc(Br)c(C(F)(F)F)c1. The van der Waals surface area contributed by atoms with Gasteiger partial charge in [-0.25, -0.2) is 0 Å². The Morgan fingerprint density at radius 1 is 1.44 bits per heavy atom. The topological polar surface area (TPSA) is 12.0 Å². The standard InChI is InChI=1S/C13H15BrF3N/c1-8(2)6-12(18-3)9-4-5-11(14)10(7-9)13(15,16)17/h4-5,7,12,18H,1,6H2,2-3H3. The van der Waals surface area contributed by atoms with Gasteiger partial charge in [0.05, 0.1) is 5.56 Å². The molecule has 0 saturated heterocycles. The second-order valence-corrected chi connectivity index (χ2v) is 5.09. The predicted octanol–water partition coefficient (Wildman–Crippen LogP) is 4.69. The van der Waals surface area contributed by atoms with E-state index in [0.717, 1.165) is 5.57 Å².